The number of halogens is 1. The summed E-state index contributed by atoms with van der Waals surface area (Å²) in [5.41, 5.74) is 5.30. The highest BCUT2D eigenvalue weighted by atomic mass is 19.1. The monoisotopic (exact) mass is 462 g/mol. The first kappa shape index (κ1) is 23.3. The number of phenolic OH excluding ortho intramolecular Hbond substituents is 1. The van der Waals surface area contributed by atoms with Crippen LogP contribution >= 0.6 is 0 Å². The summed E-state index contributed by atoms with van der Waals surface area (Å²) >= 11 is 0. The molecule has 0 saturated carbocycles. The molecule has 1 atom stereocenters. The molecule has 176 valence electrons. The van der Waals surface area contributed by atoms with Gasteiger partial charge in [-0.15, -0.1) is 0 Å². The van der Waals surface area contributed by atoms with Gasteiger partial charge in [0.1, 0.15) is 5.83 Å². The molecule has 1 aromatic carbocycles. The number of carbonyl (C=O) groups is 1. The Kier molecular flexibility index (Phi) is 6.82. The number of amides is 1. The number of benzene rings is 1. The van der Waals surface area contributed by atoms with Crippen molar-refractivity contribution in [2.75, 3.05) is 14.2 Å². The third-order valence-electron chi connectivity index (χ3n) is 6.20. The molecule has 0 fully saturated rings. The van der Waals surface area contributed by atoms with Crippen LogP contribution in [0.1, 0.15) is 30.9 Å². The number of rotatable bonds is 7. The zero-order valence-electron chi connectivity index (χ0n) is 19.4. The number of ether oxygens (including phenoxy) is 2. The SMILES string of the molecule is COc1cc(/C=C2/C(C)=C(CC(=O)NCc3cccnc3)C3=CC(F)=CCC32)cc(OC)c1O. The van der Waals surface area contributed by atoms with Crippen LogP contribution in [-0.4, -0.2) is 30.2 Å². The molecule has 34 heavy (non-hydrogen) atoms. The lowest BCUT2D eigenvalue weighted by molar-refractivity contribution is -0.120. The molecule has 2 aromatic rings. The Bertz CT molecular complexity index is 1200. The minimum atomic E-state index is -0.290. The maximum Gasteiger partial charge on any atom is 0.224 e. The van der Waals surface area contributed by atoms with Crippen LogP contribution in [0.4, 0.5) is 4.39 Å². The first-order valence-electron chi connectivity index (χ1n) is 11.0. The molecule has 2 aliphatic carbocycles. The summed E-state index contributed by atoms with van der Waals surface area (Å²) in [6, 6.07) is 7.16. The highest BCUT2D eigenvalue weighted by Crippen LogP contribution is 2.48. The van der Waals surface area contributed by atoms with Crippen molar-refractivity contribution in [2.45, 2.75) is 26.3 Å². The predicted octanol–water partition coefficient (Wildman–Crippen LogP) is 5.02. The molecule has 6 nitrogen and oxygen atoms in total. The standard InChI is InChI=1S/C27H27FN2O4/c1-16-21(9-18-10-24(33-2)27(32)25(11-18)34-3)20-7-6-19(28)12-23(20)22(16)13-26(31)30-15-17-5-4-8-29-14-17/h4-6,8-12,14,20,32H,7,13,15H2,1-3H3,(H,30,31)/b21-9-. The second-order valence-electron chi connectivity index (χ2n) is 8.27. The highest BCUT2D eigenvalue weighted by molar-refractivity contribution is 5.83. The minimum absolute atomic E-state index is 0.0496. The van der Waals surface area contributed by atoms with Crippen molar-refractivity contribution >= 4 is 12.0 Å². The number of allylic oxidation sites excluding steroid dienone is 6. The average Bonchev–Trinajstić information content (AvgIpc) is 3.09. The normalized spacial score (nSPS) is 18.4. The average molecular weight is 463 g/mol. The second kappa shape index (κ2) is 9.95. The Morgan fingerprint density at radius 3 is 2.68 bits per heavy atom. The van der Waals surface area contributed by atoms with Gasteiger partial charge in [-0.1, -0.05) is 12.1 Å². The fraction of sp³-hybridized carbons (Fsp3) is 0.259. The summed E-state index contributed by atoms with van der Waals surface area (Å²) < 4.78 is 24.8. The van der Waals surface area contributed by atoms with Gasteiger partial charge in [0.15, 0.2) is 11.5 Å². The zero-order chi connectivity index (χ0) is 24.2. The van der Waals surface area contributed by atoms with Gasteiger partial charge in [0.05, 0.1) is 20.6 Å². The Morgan fingerprint density at radius 2 is 2.03 bits per heavy atom. The van der Waals surface area contributed by atoms with Crippen molar-refractivity contribution in [3.63, 3.8) is 0 Å². The fourth-order valence-corrected chi connectivity index (χ4v) is 4.46. The molecular weight excluding hydrogens is 435 g/mol. The summed E-state index contributed by atoms with van der Waals surface area (Å²) in [5, 5.41) is 13.2. The van der Waals surface area contributed by atoms with Crippen LogP contribution in [0.2, 0.25) is 0 Å². The highest BCUT2D eigenvalue weighted by Gasteiger charge is 2.34. The largest absolute Gasteiger partial charge is 0.502 e. The number of phenols is 1. The molecule has 2 aliphatic rings. The topological polar surface area (TPSA) is 80.7 Å². The van der Waals surface area contributed by atoms with Crippen LogP contribution < -0.4 is 14.8 Å². The van der Waals surface area contributed by atoms with Crippen LogP contribution in [0, 0.1) is 5.92 Å². The smallest absolute Gasteiger partial charge is 0.224 e. The molecule has 1 amide bonds. The molecule has 0 radical (unpaired) electrons. The maximum atomic E-state index is 14.2. The lowest BCUT2D eigenvalue weighted by Gasteiger charge is -2.19. The van der Waals surface area contributed by atoms with E-state index in [1.165, 1.54) is 20.3 Å². The van der Waals surface area contributed by atoms with Gasteiger partial charge in [-0.25, -0.2) is 4.39 Å². The first-order chi connectivity index (χ1) is 16.4. The van der Waals surface area contributed by atoms with E-state index < -0.39 is 0 Å². The molecule has 0 spiro atoms. The third kappa shape index (κ3) is 4.73. The lowest BCUT2D eigenvalue weighted by Crippen LogP contribution is -2.23. The Hall–Kier alpha value is -3.87. The molecule has 1 unspecified atom stereocenters. The summed E-state index contributed by atoms with van der Waals surface area (Å²) in [5.74, 6) is 0.0485. The van der Waals surface area contributed by atoms with Gasteiger partial charge >= 0.3 is 0 Å². The van der Waals surface area contributed by atoms with E-state index in [0.717, 1.165) is 33.4 Å². The van der Waals surface area contributed by atoms with Crippen molar-refractivity contribution < 1.29 is 23.8 Å². The van der Waals surface area contributed by atoms with Crippen LogP contribution in [-0.2, 0) is 11.3 Å². The van der Waals surface area contributed by atoms with Gasteiger partial charge < -0.3 is 19.9 Å². The van der Waals surface area contributed by atoms with Crippen molar-refractivity contribution in [3.05, 3.63) is 88.1 Å². The number of aromatic nitrogens is 1. The quantitative estimate of drug-likeness (QED) is 0.604. The van der Waals surface area contributed by atoms with E-state index in [4.69, 9.17) is 9.47 Å². The fourth-order valence-electron chi connectivity index (χ4n) is 4.46. The van der Waals surface area contributed by atoms with Gasteiger partial charge in [0.2, 0.25) is 11.7 Å². The Morgan fingerprint density at radius 1 is 1.29 bits per heavy atom. The lowest BCUT2D eigenvalue weighted by atomic mass is 9.86. The third-order valence-corrected chi connectivity index (χ3v) is 6.20. The number of methoxy groups -OCH3 is 2. The predicted molar refractivity (Wildman–Crippen MR) is 128 cm³/mol. The molecule has 1 aromatic heterocycles. The van der Waals surface area contributed by atoms with E-state index in [-0.39, 0.29) is 29.8 Å². The molecule has 0 saturated heterocycles. The summed E-state index contributed by atoms with van der Waals surface area (Å²) in [7, 11) is 2.95. The minimum Gasteiger partial charge on any atom is -0.502 e. The second-order valence-corrected chi connectivity index (χ2v) is 8.27. The number of fused-ring (bicyclic) bond motifs is 1. The van der Waals surface area contributed by atoms with Crippen LogP contribution in [0.15, 0.2) is 76.9 Å². The summed E-state index contributed by atoms with van der Waals surface area (Å²) in [4.78, 5) is 16.8. The van der Waals surface area contributed by atoms with Gasteiger partial charge in [-0.3, -0.25) is 9.78 Å². The molecule has 7 heteroatoms. The van der Waals surface area contributed by atoms with Crippen molar-refractivity contribution in [3.8, 4) is 17.2 Å². The number of aromatic hydroxyl groups is 1. The first-order valence-corrected chi connectivity index (χ1v) is 11.0. The molecule has 1 heterocycles. The molecule has 4 rings (SSSR count). The van der Waals surface area contributed by atoms with Crippen molar-refractivity contribution in [2.24, 2.45) is 5.92 Å². The Labute approximate surface area is 198 Å². The Balaban J connectivity index is 1.65. The summed E-state index contributed by atoms with van der Waals surface area (Å²) in [6.07, 6.45) is 9.13. The molecule has 2 N–H and O–H groups in total. The van der Waals surface area contributed by atoms with E-state index in [0.29, 0.717) is 24.5 Å². The number of pyridine rings is 1. The molecular formula is C27H27FN2O4. The van der Waals surface area contributed by atoms with Crippen LogP contribution in [0.3, 0.4) is 0 Å². The number of hydrogen-bond acceptors (Lipinski definition) is 5. The van der Waals surface area contributed by atoms with Crippen LogP contribution in [0.5, 0.6) is 17.2 Å². The van der Waals surface area contributed by atoms with Crippen LogP contribution in [0.25, 0.3) is 6.08 Å². The zero-order valence-corrected chi connectivity index (χ0v) is 19.4. The number of carbonyl (C=O) groups excluding carboxylic acids is 1. The number of nitrogens with one attached hydrogen (secondary N) is 1. The number of hydrogen-bond donors (Lipinski definition) is 2. The van der Waals surface area contributed by atoms with E-state index >= 15 is 0 Å². The molecule has 0 bridgehead atoms. The molecule has 0 aliphatic heterocycles. The van der Waals surface area contributed by atoms with Gasteiger partial charge in [-0.05, 0) is 77.1 Å². The van der Waals surface area contributed by atoms with E-state index in [1.54, 1.807) is 30.6 Å². The van der Waals surface area contributed by atoms with E-state index in [9.17, 15) is 14.3 Å². The van der Waals surface area contributed by atoms with Gasteiger partial charge in [-0.2, -0.15) is 0 Å². The van der Waals surface area contributed by atoms with E-state index in [1.807, 2.05) is 25.1 Å². The number of nitrogens with zero attached hydrogens (tertiary/aromatic N) is 1. The van der Waals surface area contributed by atoms with Gasteiger partial charge in [0, 0.05) is 24.9 Å². The van der Waals surface area contributed by atoms with Gasteiger partial charge in [0.25, 0.3) is 0 Å². The summed E-state index contributed by atoms with van der Waals surface area (Å²) in [6.45, 7) is 2.34. The van der Waals surface area contributed by atoms with E-state index in [2.05, 4.69) is 10.3 Å². The van der Waals surface area contributed by atoms with Crippen molar-refractivity contribution in [1.29, 1.82) is 0 Å². The van der Waals surface area contributed by atoms with Crippen molar-refractivity contribution in [1.82, 2.24) is 10.3 Å². The maximum absolute atomic E-state index is 14.2.